The molecule has 0 aliphatic carbocycles. The van der Waals surface area contributed by atoms with Crippen LogP contribution in [0.1, 0.15) is 148 Å². The Morgan fingerprint density at radius 3 is 1.31 bits per heavy atom. The first-order valence-corrected chi connectivity index (χ1v) is 18.0. The Morgan fingerprint density at radius 2 is 0.978 bits per heavy atom. The fraction of sp³-hybridized carbons (Fsp3) is 0.914. The van der Waals surface area contributed by atoms with Gasteiger partial charge in [0.1, 0.15) is 0 Å². The number of hydrogen-bond acceptors (Lipinski definition) is 8. The van der Waals surface area contributed by atoms with Crippen LogP contribution in [0.3, 0.4) is 0 Å². The van der Waals surface area contributed by atoms with Crippen LogP contribution < -0.4 is 26.6 Å². The molecule has 5 N–H and O–H groups in total. The van der Waals surface area contributed by atoms with Gasteiger partial charge < -0.3 is 26.6 Å². The summed E-state index contributed by atoms with van der Waals surface area (Å²) in [4.78, 5) is 11.7. The lowest BCUT2D eigenvalue weighted by Crippen LogP contribution is -2.61. The van der Waals surface area contributed by atoms with Crippen molar-refractivity contribution in [2.24, 2.45) is 5.41 Å². The zero-order chi connectivity index (χ0) is 34.3. The van der Waals surface area contributed by atoms with Gasteiger partial charge in [-0.2, -0.15) is 15.0 Å². The zero-order valence-corrected chi connectivity index (χ0v) is 32.5. The molecule has 2 fully saturated rings. The van der Waals surface area contributed by atoms with Gasteiger partial charge >= 0.3 is 0 Å². The number of halogens is 2. The van der Waals surface area contributed by atoms with Crippen molar-refractivity contribution in [1.82, 2.24) is 36.2 Å². The van der Waals surface area contributed by atoms with Crippen molar-refractivity contribution >= 4 is 29.2 Å². The van der Waals surface area contributed by atoms with Gasteiger partial charge in [-0.25, -0.2) is 0 Å². The minimum atomic E-state index is -0.147. The maximum atomic E-state index is 5.73. The number of anilines is 1. The van der Waals surface area contributed by atoms with Gasteiger partial charge in [-0.15, -0.1) is 0 Å². The number of piperidine rings is 2. The van der Waals surface area contributed by atoms with Crippen LogP contribution in [0.2, 0.25) is 10.6 Å². The van der Waals surface area contributed by atoms with Crippen LogP contribution in [0.4, 0.5) is 5.95 Å². The lowest BCUT2D eigenvalue weighted by Gasteiger charge is -2.47. The van der Waals surface area contributed by atoms with E-state index in [1.807, 2.05) is 0 Å². The molecule has 10 heteroatoms. The number of aromatic nitrogens is 3. The van der Waals surface area contributed by atoms with Crippen LogP contribution in [0.25, 0.3) is 0 Å². The van der Waals surface area contributed by atoms with E-state index in [2.05, 4.69) is 132 Å². The highest BCUT2D eigenvalue weighted by Gasteiger charge is 2.38. The molecule has 1 aromatic rings. The Balaban J connectivity index is 0.000000355. The van der Waals surface area contributed by atoms with Crippen molar-refractivity contribution in [2.45, 2.75) is 188 Å². The van der Waals surface area contributed by atoms with Crippen LogP contribution in [-0.2, 0) is 0 Å². The molecular formula is C35H68Cl2N8. The van der Waals surface area contributed by atoms with Gasteiger partial charge in [0.05, 0.1) is 0 Å². The van der Waals surface area contributed by atoms with Gasteiger partial charge in [-0.3, -0.25) is 0 Å². The van der Waals surface area contributed by atoms with Crippen LogP contribution >= 0.6 is 23.2 Å². The summed E-state index contributed by atoms with van der Waals surface area (Å²) in [5.41, 5.74) is 1.01. The molecule has 0 saturated carbocycles. The molecule has 1 aromatic heterocycles. The Labute approximate surface area is 286 Å². The van der Waals surface area contributed by atoms with E-state index in [1.54, 1.807) is 0 Å². The second-order valence-electron chi connectivity index (χ2n) is 18.3. The largest absolute Gasteiger partial charge is 0.349 e. The number of unbranched alkanes of at least 4 members (excludes halogenated alkanes) is 3. The van der Waals surface area contributed by atoms with Gasteiger partial charge in [-0.1, -0.05) is 33.6 Å². The highest BCUT2D eigenvalue weighted by atomic mass is 35.5. The first kappa shape index (κ1) is 40.4. The van der Waals surface area contributed by atoms with Crippen molar-refractivity contribution in [3.63, 3.8) is 0 Å². The minimum Gasteiger partial charge on any atom is -0.349 e. The molecule has 2 aliphatic rings. The normalized spacial score (nSPS) is 21.6. The highest BCUT2D eigenvalue weighted by Crippen LogP contribution is 2.31. The molecule has 0 unspecified atom stereocenters. The van der Waals surface area contributed by atoms with Crippen molar-refractivity contribution in [2.75, 3.05) is 18.4 Å². The summed E-state index contributed by atoms with van der Waals surface area (Å²) in [6.45, 7) is 31.7. The van der Waals surface area contributed by atoms with Crippen molar-refractivity contribution < 1.29 is 0 Å². The SMILES string of the molecule is CC(C)(C)CC(C)(C)Nc1nc(Cl)nc(Cl)n1.CC1(C)CC(NCCCCCCNC2CC(C)(C)NC(C)(C)C2)CC(C)(C)N1. The molecule has 0 spiro atoms. The summed E-state index contributed by atoms with van der Waals surface area (Å²) in [6, 6.07) is 1.30. The highest BCUT2D eigenvalue weighted by molar-refractivity contribution is 6.31. The third-order valence-electron chi connectivity index (χ3n) is 8.35. The summed E-state index contributed by atoms with van der Waals surface area (Å²) < 4.78 is 0. The molecule has 3 heterocycles. The van der Waals surface area contributed by atoms with Gasteiger partial charge in [0.15, 0.2) is 0 Å². The van der Waals surface area contributed by atoms with E-state index in [-0.39, 0.29) is 43.7 Å². The molecule has 3 rings (SSSR count). The maximum Gasteiger partial charge on any atom is 0.228 e. The second kappa shape index (κ2) is 16.1. The topological polar surface area (TPSA) is 98.8 Å². The monoisotopic (exact) mass is 670 g/mol. The van der Waals surface area contributed by atoms with E-state index in [1.165, 1.54) is 64.5 Å². The molecule has 2 saturated heterocycles. The van der Waals surface area contributed by atoms with Gasteiger partial charge in [0.2, 0.25) is 16.5 Å². The fourth-order valence-corrected chi connectivity index (χ4v) is 8.57. The zero-order valence-electron chi connectivity index (χ0n) is 31.0. The Bertz CT molecular complexity index is 952. The van der Waals surface area contributed by atoms with E-state index < -0.39 is 0 Å². The molecule has 2 aliphatic heterocycles. The molecular weight excluding hydrogens is 603 g/mol. The van der Waals surface area contributed by atoms with Crippen LogP contribution in [0.5, 0.6) is 0 Å². The molecule has 0 atom stereocenters. The van der Waals surface area contributed by atoms with Crippen LogP contribution in [0, 0.1) is 5.41 Å². The summed E-state index contributed by atoms with van der Waals surface area (Å²) in [7, 11) is 0. The number of rotatable bonds is 12. The van der Waals surface area contributed by atoms with Crippen molar-refractivity contribution in [1.29, 1.82) is 0 Å². The van der Waals surface area contributed by atoms with Crippen LogP contribution in [-0.4, -0.2) is 67.8 Å². The molecule has 0 aromatic carbocycles. The summed E-state index contributed by atoms with van der Waals surface area (Å²) in [5.74, 6) is 0.407. The van der Waals surface area contributed by atoms with Gasteiger partial charge in [-0.05, 0) is 156 Å². The van der Waals surface area contributed by atoms with Crippen molar-refractivity contribution in [3.05, 3.63) is 10.6 Å². The molecule has 0 radical (unpaired) electrons. The number of nitrogens with one attached hydrogen (secondary N) is 5. The molecule has 0 bridgehead atoms. The number of nitrogens with zero attached hydrogens (tertiary/aromatic N) is 3. The molecule has 8 nitrogen and oxygen atoms in total. The first-order chi connectivity index (χ1) is 20.4. The number of hydrogen-bond donors (Lipinski definition) is 5. The minimum absolute atomic E-state index is 0.0964. The van der Waals surface area contributed by atoms with Crippen LogP contribution in [0.15, 0.2) is 0 Å². The maximum absolute atomic E-state index is 5.73. The van der Waals surface area contributed by atoms with E-state index in [0.717, 1.165) is 6.42 Å². The lowest BCUT2D eigenvalue weighted by atomic mass is 9.79. The summed E-state index contributed by atoms with van der Waals surface area (Å²) >= 11 is 11.5. The van der Waals surface area contributed by atoms with Crippen molar-refractivity contribution in [3.8, 4) is 0 Å². The third kappa shape index (κ3) is 17.3. The Hall–Kier alpha value is -0.770. The first-order valence-electron chi connectivity index (χ1n) is 17.3. The fourth-order valence-electron chi connectivity index (χ4n) is 8.20. The van der Waals surface area contributed by atoms with Gasteiger partial charge in [0, 0.05) is 39.8 Å². The molecule has 262 valence electrons. The van der Waals surface area contributed by atoms with E-state index in [0.29, 0.717) is 18.0 Å². The quantitative estimate of drug-likeness (QED) is 0.142. The smallest absolute Gasteiger partial charge is 0.228 e. The average Bonchev–Trinajstić information content (AvgIpc) is 2.74. The lowest BCUT2D eigenvalue weighted by molar-refractivity contribution is 0.145. The summed E-state index contributed by atoms with van der Waals surface area (Å²) in [6.07, 6.45) is 11.2. The predicted octanol–water partition coefficient (Wildman–Crippen LogP) is 8.15. The predicted molar refractivity (Wildman–Crippen MR) is 195 cm³/mol. The molecule has 0 amide bonds. The Kier molecular flexibility index (Phi) is 14.4. The molecule has 45 heavy (non-hydrogen) atoms. The van der Waals surface area contributed by atoms with E-state index in [9.17, 15) is 0 Å². The average molecular weight is 672 g/mol. The Morgan fingerprint density at radius 1 is 0.622 bits per heavy atom. The van der Waals surface area contributed by atoms with E-state index >= 15 is 0 Å². The standard InChI is InChI=1S/C24H50N4.C11H18Cl2N4/c1-21(2)15-19(16-22(3,4)27-21)25-13-11-9-10-12-14-26-20-17-23(5,6)28-24(7,8)18-20;1-10(2,3)6-11(4,5)17-9-15-7(12)14-8(13)16-9/h19-20,25-28H,9-18H2,1-8H3;6H2,1-5H3,(H,14,15,16,17). The second-order valence-corrected chi connectivity index (χ2v) is 18.9. The third-order valence-corrected chi connectivity index (χ3v) is 8.69. The van der Waals surface area contributed by atoms with Gasteiger partial charge in [0.25, 0.3) is 0 Å². The van der Waals surface area contributed by atoms with E-state index in [4.69, 9.17) is 23.2 Å². The summed E-state index contributed by atoms with van der Waals surface area (Å²) in [5, 5.41) is 18.6.